The van der Waals surface area contributed by atoms with E-state index < -0.39 is 61.2 Å². The van der Waals surface area contributed by atoms with Gasteiger partial charge in [-0.25, -0.2) is 0 Å². The lowest BCUT2D eigenvalue weighted by molar-refractivity contribution is -0.288. The highest BCUT2D eigenvalue weighted by atomic mass is 16.7. The maximum atomic E-state index is 13.2. The molecule has 2 heterocycles. The van der Waals surface area contributed by atoms with Gasteiger partial charge in [0.1, 0.15) is 36.1 Å². The van der Waals surface area contributed by atoms with Crippen LogP contribution in [0.3, 0.4) is 0 Å². The second-order valence-corrected chi connectivity index (χ2v) is 9.37. The first-order chi connectivity index (χ1) is 19.9. The molecule has 0 amide bonds. The van der Waals surface area contributed by atoms with Crippen LogP contribution in [0, 0.1) is 0 Å². The number of carbonyl (C=O) groups is 4. The average molecular weight is 585 g/mol. The molecule has 13 nitrogen and oxygen atoms in total. The lowest BCUT2D eigenvalue weighted by Gasteiger charge is -2.43. The van der Waals surface area contributed by atoms with Crippen molar-refractivity contribution < 1.29 is 57.1 Å². The summed E-state index contributed by atoms with van der Waals surface area (Å²) in [6.45, 7) is 4.10. The Morgan fingerprint density at radius 2 is 1.43 bits per heavy atom. The van der Waals surface area contributed by atoms with Crippen molar-refractivity contribution in [2.45, 2.75) is 58.4 Å². The predicted molar refractivity (Wildman–Crippen MR) is 142 cm³/mol. The molecule has 5 atom stereocenters. The van der Waals surface area contributed by atoms with Crippen LogP contribution in [-0.4, -0.2) is 66.3 Å². The van der Waals surface area contributed by atoms with Gasteiger partial charge in [-0.3, -0.25) is 24.0 Å². The highest BCUT2D eigenvalue weighted by Crippen LogP contribution is 2.32. The number of esters is 4. The van der Waals surface area contributed by atoms with Gasteiger partial charge in [0, 0.05) is 33.8 Å². The smallest absolute Gasteiger partial charge is 0.303 e. The van der Waals surface area contributed by atoms with Crippen LogP contribution in [0.5, 0.6) is 11.5 Å². The number of aromatic hydroxyl groups is 1. The van der Waals surface area contributed by atoms with Crippen molar-refractivity contribution in [3.63, 3.8) is 0 Å². The summed E-state index contributed by atoms with van der Waals surface area (Å²) in [6, 6.07) is 10.4. The zero-order valence-electron chi connectivity index (χ0n) is 23.1. The van der Waals surface area contributed by atoms with E-state index in [4.69, 9.17) is 32.8 Å². The van der Waals surface area contributed by atoms with Gasteiger partial charge in [-0.1, -0.05) is 12.1 Å². The molecule has 222 valence electrons. The van der Waals surface area contributed by atoms with Crippen LogP contribution in [-0.2, 0) is 42.9 Å². The topological polar surface area (TPSA) is 174 Å². The number of rotatable bonds is 8. The van der Waals surface area contributed by atoms with Gasteiger partial charge in [-0.2, -0.15) is 0 Å². The van der Waals surface area contributed by atoms with Crippen molar-refractivity contribution >= 4 is 34.8 Å². The van der Waals surface area contributed by atoms with Gasteiger partial charge >= 0.3 is 23.9 Å². The SMILES string of the molecule is CC(=O)OC[C@H]1O[C@@H](Oc2ccc3c(=O)c(-c4ccc(O)cc4)coc3c2)[C@H](OC(C)=O)[C@@H](OC(C)=O)[C@@H]1OC(C)=O. The Hall–Kier alpha value is -4.91. The quantitative estimate of drug-likeness (QED) is 0.302. The maximum Gasteiger partial charge on any atom is 0.303 e. The summed E-state index contributed by atoms with van der Waals surface area (Å²) in [7, 11) is 0. The van der Waals surface area contributed by atoms with Crippen LogP contribution in [0.4, 0.5) is 0 Å². The summed E-state index contributed by atoms with van der Waals surface area (Å²) < 4.78 is 38.8. The summed E-state index contributed by atoms with van der Waals surface area (Å²) >= 11 is 0. The minimum absolute atomic E-state index is 0.0490. The molecular weight excluding hydrogens is 556 g/mol. The molecule has 0 unspecified atom stereocenters. The van der Waals surface area contributed by atoms with E-state index in [0.717, 1.165) is 20.8 Å². The molecule has 0 spiro atoms. The molecule has 1 aliphatic rings. The van der Waals surface area contributed by atoms with Crippen molar-refractivity contribution in [1.29, 1.82) is 0 Å². The summed E-state index contributed by atoms with van der Waals surface area (Å²) in [4.78, 5) is 60.6. The molecule has 1 N–H and O–H groups in total. The van der Waals surface area contributed by atoms with Crippen LogP contribution in [0.1, 0.15) is 27.7 Å². The van der Waals surface area contributed by atoms with Crippen molar-refractivity contribution in [1.82, 2.24) is 0 Å². The Balaban J connectivity index is 1.70. The molecule has 13 heteroatoms. The second-order valence-electron chi connectivity index (χ2n) is 9.37. The molecule has 0 radical (unpaired) electrons. The number of phenolic OH excluding ortho intramolecular Hbond substituents is 1. The van der Waals surface area contributed by atoms with Gasteiger partial charge in [0.25, 0.3) is 0 Å². The third kappa shape index (κ3) is 7.04. The van der Waals surface area contributed by atoms with Crippen LogP contribution in [0.2, 0.25) is 0 Å². The first kappa shape index (κ1) is 30.1. The van der Waals surface area contributed by atoms with Crippen LogP contribution in [0.15, 0.2) is 57.9 Å². The zero-order chi connectivity index (χ0) is 30.6. The lowest BCUT2D eigenvalue weighted by atomic mass is 9.98. The van der Waals surface area contributed by atoms with E-state index in [-0.39, 0.29) is 33.5 Å². The fraction of sp³-hybridized carbons (Fsp3) is 0.345. The maximum absolute atomic E-state index is 13.2. The van der Waals surface area contributed by atoms with Gasteiger partial charge in [-0.15, -0.1) is 0 Å². The fourth-order valence-corrected chi connectivity index (χ4v) is 4.44. The molecule has 0 aliphatic carbocycles. The number of hydrogen-bond acceptors (Lipinski definition) is 13. The normalized spacial score (nSPS) is 21.7. The lowest BCUT2D eigenvalue weighted by Crippen LogP contribution is -2.63. The van der Waals surface area contributed by atoms with Crippen LogP contribution >= 0.6 is 0 Å². The molecule has 3 aromatic rings. The summed E-state index contributed by atoms with van der Waals surface area (Å²) in [5, 5.41) is 9.77. The number of phenols is 1. The van der Waals surface area contributed by atoms with E-state index in [1.165, 1.54) is 43.5 Å². The molecule has 4 rings (SSSR count). The minimum atomic E-state index is -1.45. The molecule has 0 saturated carbocycles. The molecule has 1 saturated heterocycles. The summed E-state index contributed by atoms with van der Waals surface area (Å²) in [6.07, 6.45) is -5.53. The van der Waals surface area contributed by atoms with Crippen molar-refractivity contribution in [2.75, 3.05) is 6.61 Å². The summed E-state index contributed by atoms with van der Waals surface area (Å²) in [5.41, 5.74) is 0.642. The minimum Gasteiger partial charge on any atom is -0.508 e. The van der Waals surface area contributed by atoms with Crippen LogP contribution in [0.25, 0.3) is 22.1 Å². The Labute approximate surface area is 238 Å². The number of fused-ring (bicyclic) bond motifs is 1. The van der Waals surface area contributed by atoms with Gasteiger partial charge in [0.2, 0.25) is 12.4 Å². The van der Waals surface area contributed by atoms with E-state index in [1.54, 1.807) is 12.1 Å². The second kappa shape index (κ2) is 12.7. The standard InChI is InChI=1S/C29H28O13/c1-14(30)36-13-24-26(38-15(2)31)27(39-16(3)32)28(40-17(4)33)29(42-24)41-20-9-10-21-23(11-20)37-12-22(25(21)35)18-5-7-19(34)8-6-18/h5-12,24,26-29,34H,13H2,1-4H3/t24-,26-,27+,28-,29-/m1/s1. The number of benzene rings is 2. The van der Waals surface area contributed by atoms with E-state index >= 15 is 0 Å². The van der Waals surface area contributed by atoms with Gasteiger partial charge in [0.05, 0.1) is 10.9 Å². The number of ether oxygens (including phenoxy) is 6. The highest BCUT2D eigenvalue weighted by Gasteiger charge is 2.53. The van der Waals surface area contributed by atoms with Crippen LogP contribution < -0.4 is 10.2 Å². The third-order valence-electron chi connectivity index (χ3n) is 6.12. The predicted octanol–water partition coefficient (Wildman–Crippen LogP) is 2.63. The van der Waals surface area contributed by atoms with Crippen molar-refractivity contribution in [2.24, 2.45) is 0 Å². The Bertz CT molecular complexity index is 1540. The molecule has 2 aromatic carbocycles. The average Bonchev–Trinajstić information content (AvgIpc) is 2.91. The Morgan fingerprint density at radius 1 is 0.810 bits per heavy atom. The Kier molecular flexibility index (Phi) is 9.11. The molecule has 1 aromatic heterocycles. The van der Waals surface area contributed by atoms with E-state index in [0.29, 0.717) is 5.56 Å². The van der Waals surface area contributed by atoms with E-state index in [2.05, 4.69) is 0 Å². The Morgan fingerprint density at radius 3 is 2.05 bits per heavy atom. The van der Waals surface area contributed by atoms with E-state index in [1.807, 2.05) is 0 Å². The zero-order valence-corrected chi connectivity index (χ0v) is 23.1. The van der Waals surface area contributed by atoms with Gasteiger partial charge < -0.3 is 37.9 Å². The van der Waals surface area contributed by atoms with Gasteiger partial charge in [0.15, 0.2) is 17.6 Å². The van der Waals surface area contributed by atoms with E-state index in [9.17, 15) is 29.1 Å². The highest BCUT2D eigenvalue weighted by molar-refractivity contribution is 5.82. The molecular formula is C29H28O13. The first-order valence-electron chi connectivity index (χ1n) is 12.7. The van der Waals surface area contributed by atoms with Gasteiger partial charge in [-0.05, 0) is 29.8 Å². The molecule has 1 fully saturated rings. The number of hydrogen-bond donors (Lipinski definition) is 1. The summed E-state index contributed by atoms with van der Waals surface area (Å²) in [5.74, 6) is -2.80. The number of carbonyl (C=O) groups excluding carboxylic acids is 4. The largest absolute Gasteiger partial charge is 0.508 e. The van der Waals surface area contributed by atoms with Crippen molar-refractivity contribution in [3.05, 3.63) is 59.0 Å². The molecule has 42 heavy (non-hydrogen) atoms. The molecule has 1 aliphatic heterocycles. The first-order valence-corrected chi connectivity index (χ1v) is 12.7. The monoisotopic (exact) mass is 584 g/mol. The van der Waals surface area contributed by atoms with Crippen molar-refractivity contribution in [3.8, 4) is 22.6 Å². The fourth-order valence-electron chi connectivity index (χ4n) is 4.44. The molecule has 0 bridgehead atoms. The third-order valence-corrected chi connectivity index (χ3v) is 6.12.